The number of hydrogen-bond acceptors (Lipinski definition) is 5. The summed E-state index contributed by atoms with van der Waals surface area (Å²) < 4.78 is 45.9. The molecule has 0 heterocycles. The molecule has 0 radical (unpaired) electrons. The zero-order valence-electron chi connectivity index (χ0n) is 20.9. The van der Waals surface area contributed by atoms with Crippen molar-refractivity contribution in [2.45, 2.75) is 57.7 Å². The van der Waals surface area contributed by atoms with E-state index in [-0.39, 0.29) is 29.7 Å². The third kappa shape index (κ3) is 7.19. The molecule has 1 atom stereocenters. The lowest BCUT2D eigenvalue weighted by Crippen LogP contribution is -2.53. The number of amides is 2. The summed E-state index contributed by atoms with van der Waals surface area (Å²) in [5, 5.41) is 3.01. The van der Waals surface area contributed by atoms with Crippen molar-refractivity contribution < 1.29 is 27.1 Å². The maximum atomic E-state index is 14.5. The lowest BCUT2D eigenvalue weighted by Gasteiger charge is -2.33. The topological polar surface area (TPSA) is 96.0 Å². The van der Waals surface area contributed by atoms with Crippen LogP contribution in [0.25, 0.3) is 0 Å². The number of benzene rings is 2. The van der Waals surface area contributed by atoms with Crippen molar-refractivity contribution in [1.29, 1.82) is 0 Å². The van der Waals surface area contributed by atoms with Crippen molar-refractivity contribution in [2.24, 2.45) is 0 Å². The average molecular weight is 520 g/mol. The highest BCUT2D eigenvalue weighted by molar-refractivity contribution is 7.92. The summed E-state index contributed by atoms with van der Waals surface area (Å²) in [4.78, 5) is 27.9. The number of nitrogens with one attached hydrogen (secondary N) is 1. The number of methoxy groups -OCH3 is 1. The summed E-state index contributed by atoms with van der Waals surface area (Å²) >= 11 is 0. The molecule has 1 aliphatic rings. The minimum Gasteiger partial charge on any atom is -0.497 e. The Hall–Kier alpha value is -3.14. The molecule has 0 unspecified atom stereocenters. The number of anilines is 1. The Bertz CT molecular complexity index is 1170. The number of rotatable bonds is 10. The minimum atomic E-state index is -3.87. The molecular formula is C26H34FN3O5S. The van der Waals surface area contributed by atoms with Gasteiger partial charge in [0.05, 0.1) is 19.1 Å². The molecule has 0 spiro atoms. The molecule has 2 aromatic rings. The fourth-order valence-electron chi connectivity index (χ4n) is 4.34. The Kier molecular flexibility index (Phi) is 9.31. The van der Waals surface area contributed by atoms with Gasteiger partial charge in [-0.2, -0.15) is 0 Å². The Morgan fingerprint density at radius 2 is 1.81 bits per heavy atom. The first-order chi connectivity index (χ1) is 17.1. The summed E-state index contributed by atoms with van der Waals surface area (Å²) in [6, 6.07) is 11.4. The third-order valence-corrected chi connectivity index (χ3v) is 7.58. The normalized spacial score (nSPS) is 15.1. The molecule has 0 aromatic heterocycles. The maximum Gasteiger partial charge on any atom is 0.244 e. The van der Waals surface area contributed by atoms with Gasteiger partial charge < -0.3 is 15.0 Å². The molecular weight excluding hydrogens is 485 g/mol. The summed E-state index contributed by atoms with van der Waals surface area (Å²) in [7, 11) is -2.41. The third-order valence-electron chi connectivity index (χ3n) is 6.44. The van der Waals surface area contributed by atoms with Crippen LogP contribution in [0.1, 0.15) is 44.6 Å². The van der Waals surface area contributed by atoms with E-state index in [4.69, 9.17) is 4.74 Å². The van der Waals surface area contributed by atoms with Crippen LogP contribution in [-0.4, -0.2) is 57.1 Å². The summed E-state index contributed by atoms with van der Waals surface area (Å²) in [5.74, 6) is -1.06. The van der Waals surface area contributed by atoms with Gasteiger partial charge in [0.15, 0.2) is 0 Å². The predicted octanol–water partition coefficient (Wildman–Crippen LogP) is 3.47. The van der Waals surface area contributed by atoms with Gasteiger partial charge in [-0.1, -0.05) is 43.5 Å². The number of carbonyl (C=O) groups is 2. The highest BCUT2D eigenvalue weighted by atomic mass is 32.2. The van der Waals surface area contributed by atoms with Crippen molar-refractivity contribution in [3.05, 3.63) is 59.9 Å². The van der Waals surface area contributed by atoms with E-state index in [2.05, 4.69) is 5.32 Å². The highest BCUT2D eigenvalue weighted by Gasteiger charge is 2.31. The lowest BCUT2D eigenvalue weighted by molar-refractivity contribution is -0.139. The van der Waals surface area contributed by atoms with Gasteiger partial charge in [0, 0.05) is 24.2 Å². The summed E-state index contributed by atoms with van der Waals surface area (Å²) in [5.41, 5.74) is 0.478. The standard InChI is InChI=1S/C26H34FN3O5S/c1-19(26(32)28-21-11-5-4-6-12-21)29(17-20-10-7-8-15-24(20)27)25(31)18-30(36(3,33)34)22-13-9-14-23(16-22)35-2/h7-10,13-16,19,21H,4-6,11-12,17-18H2,1-3H3,(H,28,32)/t19-/m1/s1. The number of hydrogen-bond donors (Lipinski definition) is 1. The smallest absolute Gasteiger partial charge is 0.244 e. The van der Waals surface area contributed by atoms with Gasteiger partial charge in [-0.3, -0.25) is 13.9 Å². The zero-order chi connectivity index (χ0) is 26.3. The van der Waals surface area contributed by atoms with E-state index < -0.39 is 34.3 Å². The molecule has 1 N–H and O–H groups in total. The lowest BCUT2D eigenvalue weighted by atomic mass is 9.95. The van der Waals surface area contributed by atoms with Crippen molar-refractivity contribution in [3.8, 4) is 5.75 Å². The van der Waals surface area contributed by atoms with Crippen molar-refractivity contribution in [1.82, 2.24) is 10.2 Å². The minimum absolute atomic E-state index is 0.0309. The first-order valence-corrected chi connectivity index (χ1v) is 13.9. The first kappa shape index (κ1) is 27.4. The molecule has 2 amide bonds. The number of sulfonamides is 1. The van der Waals surface area contributed by atoms with Crippen LogP contribution in [0.5, 0.6) is 5.75 Å². The molecule has 1 fully saturated rings. The molecule has 3 rings (SSSR count). The molecule has 10 heteroatoms. The van der Waals surface area contributed by atoms with Gasteiger partial charge in [0.2, 0.25) is 21.8 Å². The fourth-order valence-corrected chi connectivity index (χ4v) is 5.18. The fraction of sp³-hybridized carbons (Fsp3) is 0.462. The van der Waals surface area contributed by atoms with Gasteiger partial charge in [-0.25, -0.2) is 12.8 Å². The van der Waals surface area contributed by atoms with Crippen molar-refractivity contribution >= 4 is 27.5 Å². The maximum absolute atomic E-state index is 14.5. The number of nitrogens with zero attached hydrogens (tertiary/aromatic N) is 2. The van der Waals surface area contributed by atoms with Crippen molar-refractivity contribution in [2.75, 3.05) is 24.2 Å². The van der Waals surface area contributed by atoms with Crippen LogP contribution in [0, 0.1) is 5.82 Å². The van der Waals surface area contributed by atoms with Crippen LogP contribution in [0.2, 0.25) is 0 Å². The molecule has 1 saturated carbocycles. The average Bonchev–Trinajstić information content (AvgIpc) is 2.86. The van der Waals surface area contributed by atoms with Gasteiger partial charge >= 0.3 is 0 Å². The SMILES string of the molecule is COc1cccc(N(CC(=O)N(Cc2ccccc2F)[C@H](C)C(=O)NC2CCCCC2)S(C)(=O)=O)c1. The van der Waals surface area contributed by atoms with Crippen LogP contribution in [0.4, 0.5) is 10.1 Å². The second-order valence-electron chi connectivity index (χ2n) is 9.10. The summed E-state index contributed by atoms with van der Waals surface area (Å²) in [6.07, 6.45) is 5.93. The van der Waals surface area contributed by atoms with E-state index in [0.717, 1.165) is 42.7 Å². The Balaban J connectivity index is 1.89. The Labute approximate surface area is 212 Å². The van der Waals surface area contributed by atoms with Gasteiger partial charge in [0.1, 0.15) is 24.2 Å². The van der Waals surface area contributed by atoms with Crippen LogP contribution in [-0.2, 0) is 26.2 Å². The summed E-state index contributed by atoms with van der Waals surface area (Å²) in [6.45, 7) is 0.842. The largest absolute Gasteiger partial charge is 0.497 e. The second-order valence-corrected chi connectivity index (χ2v) is 11.0. The molecule has 0 bridgehead atoms. The predicted molar refractivity (Wildman–Crippen MR) is 137 cm³/mol. The van der Waals surface area contributed by atoms with Crippen LogP contribution in [0.15, 0.2) is 48.5 Å². The van der Waals surface area contributed by atoms with Gasteiger partial charge in [-0.05, 0) is 38.0 Å². The number of carbonyl (C=O) groups excluding carboxylic acids is 2. The van der Waals surface area contributed by atoms with Gasteiger partial charge in [0.25, 0.3) is 0 Å². The number of ether oxygens (including phenoxy) is 1. The Morgan fingerprint density at radius 1 is 1.11 bits per heavy atom. The first-order valence-electron chi connectivity index (χ1n) is 12.0. The molecule has 0 saturated heterocycles. The highest BCUT2D eigenvalue weighted by Crippen LogP contribution is 2.24. The molecule has 2 aromatic carbocycles. The van der Waals surface area contributed by atoms with E-state index in [1.54, 1.807) is 37.3 Å². The molecule has 0 aliphatic heterocycles. The van der Waals surface area contributed by atoms with Crippen LogP contribution < -0.4 is 14.4 Å². The van der Waals surface area contributed by atoms with E-state index in [1.165, 1.54) is 30.2 Å². The van der Waals surface area contributed by atoms with E-state index in [1.807, 2.05) is 0 Å². The number of halogens is 1. The molecule has 1 aliphatic carbocycles. The van der Waals surface area contributed by atoms with E-state index >= 15 is 0 Å². The second kappa shape index (κ2) is 12.2. The van der Waals surface area contributed by atoms with E-state index in [0.29, 0.717) is 5.75 Å². The van der Waals surface area contributed by atoms with E-state index in [9.17, 15) is 22.4 Å². The quantitative estimate of drug-likeness (QED) is 0.519. The zero-order valence-corrected chi connectivity index (χ0v) is 21.8. The van der Waals surface area contributed by atoms with Gasteiger partial charge in [-0.15, -0.1) is 0 Å². The monoisotopic (exact) mass is 519 g/mol. The van der Waals surface area contributed by atoms with Crippen molar-refractivity contribution in [3.63, 3.8) is 0 Å². The van der Waals surface area contributed by atoms with Crippen LogP contribution in [0.3, 0.4) is 0 Å². The Morgan fingerprint density at radius 3 is 2.44 bits per heavy atom. The molecule has 8 nitrogen and oxygen atoms in total. The molecule has 196 valence electrons. The van der Waals surface area contributed by atoms with Crippen LogP contribution >= 0.6 is 0 Å². The molecule has 36 heavy (non-hydrogen) atoms.